The van der Waals surface area contributed by atoms with E-state index in [1.54, 1.807) is 23.0 Å². The van der Waals surface area contributed by atoms with Crippen molar-refractivity contribution in [2.45, 2.75) is 25.7 Å². The van der Waals surface area contributed by atoms with E-state index >= 15 is 0 Å². The highest BCUT2D eigenvalue weighted by Crippen LogP contribution is 2.27. The molecule has 1 aromatic heterocycles. The molecule has 162 valence electrons. The number of anilines is 1. The quantitative estimate of drug-likeness (QED) is 0.663. The number of carbonyl (C=O) groups is 1. The number of benzene rings is 2. The van der Waals surface area contributed by atoms with Crippen LogP contribution < -0.4 is 15.0 Å². The van der Waals surface area contributed by atoms with Crippen molar-refractivity contribution >= 4 is 11.6 Å². The van der Waals surface area contributed by atoms with E-state index in [2.05, 4.69) is 15.2 Å². The number of nitrogens with zero attached hydrogens (tertiary/aromatic N) is 3. The van der Waals surface area contributed by atoms with Crippen molar-refractivity contribution in [3.8, 4) is 11.4 Å². The van der Waals surface area contributed by atoms with Gasteiger partial charge in [-0.25, -0.2) is 4.68 Å². The Hall–Kier alpha value is -3.49. The van der Waals surface area contributed by atoms with Gasteiger partial charge in [-0.15, -0.1) is 13.2 Å². The molecule has 0 saturated carbocycles. The molecule has 2 aromatic carbocycles. The number of ether oxygens (including phenoxy) is 1. The van der Waals surface area contributed by atoms with Gasteiger partial charge in [-0.1, -0.05) is 18.2 Å². The summed E-state index contributed by atoms with van der Waals surface area (Å²) in [4.78, 5) is 14.8. The Kier molecular flexibility index (Phi) is 5.58. The lowest BCUT2D eigenvalue weighted by Gasteiger charge is -2.19. The summed E-state index contributed by atoms with van der Waals surface area (Å²) in [7, 11) is 0. The number of halogens is 3. The van der Waals surface area contributed by atoms with Crippen LogP contribution in [-0.2, 0) is 0 Å². The second-order valence-electron chi connectivity index (χ2n) is 7.34. The zero-order valence-electron chi connectivity index (χ0n) is 16.8. The molecular formula is C22H21F3N4O2. The maximum Gasteiger partial charge on any atom is 0.573 e. The Labute approximate surface area is 177 Å². The number of carbonyl (C=O) groups excluding carboxylic acids is 1. The number of hydrogen-bond acceptors (Lipinski definition) is 4. The van der Waals surface area contributed by atoms with Gasteiger partial charge in [-0.05, 0) is 49.7 Å². The largest absolute Gasteiger partial charge is 0.573 e. The molecule has 1 N–H and O–H groups in total. The number of hydrogen-bond donors (Lipinski definition) is 1. The third-order valence-electron chi connectivity index (χ3n) is 5.21. The monoisotopic (exact) mass is 430 g/mol. The zero-order chi connectivity index (χ0) is 22.0. The van der Waals surface area contributed by atoms with E-state index in [0.717, 1.165) is 23.5 Å². The molecule has 0 radical (unpaired) electrons. The number of aromatic nitrogens is 2. The average Bonchev–Trinajstić information content (AvgIpc) is 3.35. The normalized spacial score (nSPS) is 16.4. The first kappa shape index (κ1) is 20.8. The van der Waals surface area contributed by atoms with Gasteiger partial charge in [0.1, 0.15) is 5.75 Å². The molecule has 1 unspecified atom stereocenters. The third-order valence-corrected chi connectivity index (χ3v) is 5.21. The number of para-hydroxylation sites is 1. The summed E-state index contributed by atoms with van der Waals surface area (Å²) in [5, 5.41) is 7.37. The number of rotatable bonds is 5. The van der Waals surface area contributed by atoms with Crippen LogP contribution in [0.25, 0.3) is 5.69 Å². The molecular weight excluding hydrogens is 409 g/mol. The molecule has 0 aliphatic carbocycles. The molecule has 1 saturated heterocycles. The van der Waals surface area contributed by atoms with E-state index < -0.39 is 6.36 Å². The van der Waals surface area contributed by atoms with Crippen molar-refractivity contribution in [2.75, 3.05) is 18.0 Å². The molecule has 1 aliphatic heterocycles. The lowest BCUT2D eigenvalue weighted by molar-refractivity contribution is -0.274. The average molecular weight is 430 g/mol. The highest BCUT2D eigenvalue weighted by Gasteiger charge is 2.31. The maximum atomic E-state index is 12.8. The van der Waals surface area contributed by atoms with Crippen LogP contribution in [0.2, 0.25) is 0 Å². The lowest BCUT2D eigenvalue weighted by atomic mass is 10.2. The molecule has 9 heteroatoms. The van der Waals surface area contributed by atoms with E-state index in [0.29, 0.717) is 18.7 Å². The molecule has 1 aliphatic rings. The fourth-order valence-corrected chi connectivity index (χ4v) is 3.70. The Morgan fingerprint density at radius 3 is 2.48 bits per heavy atom. The molecule has 6 nitrogen and oxygen atoms in total. The number of nitrogens with one attached hydrogen (secondary N) is 1. The predicted molar refractivity (Wildman–Crippen MR) is 110 cm³/mol. The Morgan fingerprint density at radius 1 is 1.10 bits per heavy atom. The van der Waals surface area contributed by atoms with Gasteiger partial charge < -0.3 is 15.0 Å². The standard InChI is InChI=1S/C22H21F3N4O2/c1-15-20(13-26-29(15)18-5-3-2-4-6-18)21(30)27-16-11-12-28(14-16)17-7-9-19(10-8-17)31-22(23,24)25/h2-10,13,16H,11-12,14H2,1H3,(H,27,30). The molecule has 1 fully saturated rings. The van der Waals surface area contributed by atoms with Crippen molar-refractivity contribution < 1.29 is 22.7 Å². The number of alkyl halides is 3. The molecule has 4 rings (SSSR count). The first-order valence-corrected chi connectivity index (χ1v) is 9.82. The minimum absolute atomic E-state index is 0.0712. The third kappa shape index (κ3) is 4.82. The molecule has 1 amide bonds. The Bertz CT molecular complexity index is 1050. The van der Waals surface area contributed by atoms with Crippen LogP contribution in [0, 0.1) is 6.92 Å². The van der Waals surface area contributed by atoms with Crippen molar-refractivity contribution in [2.24, 2.45) is 0 Å². The Balaban J connectivity index is 1.37. The molecule has 3 aromatic rings. The van der Waals surface area contributed by atoms with E-state index in [9.17, 15) is 18.0 Å². The van der Waals surface area contributed by atoms with Crippen LogP contribution in [0.15, 0.2) is 60.8 Å². The summed E-state index contributed by atoms with van der Waals surface area (Å²) in [6.07, 6.45) is -2.42. The van der Waals surface area contributed by atoms with Crippen molar-refractivity contribution in [3.63, 3.8) is 0 Å². The topological polar surface area (TPSA) is 59.4 Å². The predicted octanol–water partition coefficient (Wildman–Crippen LogP) is 4.09. The van der Waals surface area contributed by atoms with Crippen molar-refractivity contribution in [1.82, 2.24) is 15.1 Å². The van der Waals surface area contributed by atoms with Gasteiger partial charge >= 0.3 is 6.36 Å². The molecule has 1 atom stereocenters. The van der Waals surface area contributed by atoms with Crippen LogP contribution >= 0.6 is 0 Å². The second-order valence-corrected chi connectivity index (χ2v) is 7.34. The zero-order valence-corrected chi connectivity index (χ0v) is 16.8. The fraction of sp³-hybridized carbons (Fsp3) is 0.273. The minimum Gasteiger partial charge on any atom is -0.406 e. The molecule has 0 bridgehead atoms. The van der Waals surface area contributed by atoms with Gasteiger partial charge in [0.15, 0.2) is 0 Å². The summed E-state index contributed by atoms with van der Waals surface area (Å²) in [5.41, 5.74) is 2.91. The highest BCUT2D eigenvalue weighted by molar-refractivity contribution is 5.95. The SMILES string of the molecule is Cc1c(C(=O)NC2CCN(c3ccc(OC(F)(F)F)cc3)C2)cnn1-c1ccccc1. The van der Waals surface area contributed by atoms with Gasteiger partial charge in [0, 0.05) is 24.8 Å². The summed E-state index contributed by atoms with van der Waals surface area (Å²) < 4.78 is 42.5. The van der Waals surface area contributed by atoms with Crippen LogP contribution in [0.1, 0.15) is 22.5 Å². The summed E-state index contributed by atoms with van der Waals surface area (Å²) in [6.45, 7) is 3.10. The fourth-order valence-electron chi connectivity index (χ4n) is 3.70. The van der Waals surface area contributed by atoms with E-state index in [1.165, 1.54) is 12.1 Å². The van der Waals surface area contributed by atoms with E-state index in [-0.39, 0.29) is 17.7 Å². The van der Waals surface area contributed by atoms with E-state index in [4.69, 9.17) is 0 Å². The van der Waals surface area contributed by atoms with Crippen LogP contribution in [0.5, 0.6) is 5.75 Å². The minimum atomic E-state index is -4.71. The summed E-state index contributed by atoms with van der Waals surface area (Å²) in [6, 6.07) is 15.2. The van der Waals surface area contributed by atoms with Crippen molar-refractivity contribution in [1.29, 1.82) is 0 Å². The maximum absolute atomic E-state index is 12.8. The summed E-state index contributed by atoms with van der Waals surface area (Å²) in [5.74, 6) is -0.452. The van der Waals surface area contributed by atoms with E-state index in [1.807, 2.05) is 42.2 Å². The Morgan fingerprint density at radius 2 is 1.81 bits per heavy atom. The van der Waals surface area contributed by atoms with Gasteiger partial charge in [0.25, 0.3) is 5.91 Å². The van der Waals surface area contributed by atoms with Gasteiger partial charge in [0.05, 0.1) is 23.1 Å². The van der Waals surface area contributed by atoms with Crippen LogP contribution in [0.4, 0.5) is 18.9 Å². The van der Waals surface area contributed by atoms with Crippen LogP contribution in [0.3, 0.4) is 0 Å². The van der Waals surface area contributed by atoms with Crippen LogP contribution in [-0.4, -0.2) is 41.2 Å². The molecule has 31 heavy (non-hydrogen) atoms. The molecule has 2 heterocycles. The first-order valence-electron chi connectivity index (χ1n) is 9.82. The van der Waals surface area contributed by atoms with Crippen molar-refractivity contribution in [3.05, 3.63) is 72.1 Å². The first-order chi connectivity index (χ1) is 14.8. The van der Waals surface area contributed by atoms with Gasteiger partial charge in [-0.3, -0.25) is 4.79 Å². The van der Waals surface area contributed by atoms with Gasteiger partial charge in [-0.2, -0.15) is 5.10 Å². The second kappa shape index (κ2) is 8.33. The highest BCUT2D eigenvalue weighted by atomic mass is 19.4. The lowest BCUT2D eigenvalue weighted by Crippen LogP contribution is -2.37. The molecule has 0 spiro atoms. The smallest absolute Gasteiger partial charge is 0.406 e. The summed E-state index contributed by atoms with van der Waals surface area (Å²) >= 11 is 0. The van der Waals surface area contributed by atoms with Gasteiger partial charge in [0.2, 0.25) is 0 Å². The number of amides is 1.